The predicted octanol–water partition coefficient (Wildman–Crippen LogP) is 5.92. The molecule has 4 aromatic rings. The summed E-state index contributed by atoms with van der Waals surface area (Å²) in [7, 11) is 0. The summed E-state index contributed by atoms with van der Waals surface area (Å²) in [6.07, 6.45) is 0. The monoisotopic (exact) mass is 488 g/mol. The maximum atomic E-state index is 13.7. The number of fused-ring (bicyclic) bond motifs is 1. The highest BCUT2D eigenvalue weighted by Crippen LogP contribution is 2.45. The number of thiophene rings is 1. The van der Waals surface area contributed by atoms with E-state index >= 15 is 0 Å². The van der Waals surface area contributed by atoms with Crippen molar-refractivity contribution in [2.24, 2.45) is 0 Å². The van der Waals surface area contributed by atoms with Crippen LogP contribution >= 0.6 is 34.3 Å². The quantitative estimate of drug-likeness (QED) is 0.221. The molecule has 5 rings (SSSR count). The lowest BCUT2D eigenvalue weighted by Crippen LogP contribution is -2.28. The molecule has 2 aromatic heterocycles. The Kier molecular flexibility index (Phi) is 5.04. The fraction of sp³-hybridized carbons (Fsp3) is 0.0455. The number of aliphatic hydroxyl groups excluding tert-OH is 1. The van der Waals surface area contributed by atoms with Gasteiger partial charge in [0, 0.05) is 21.5 Å². The van der Waals surface area contributed by atoms with Crippen molar-refractivity contribution in [1.82, 2.24) is 4.98 Å². The van der Waals surface area contributed by atoms with Crippen LogP contribution in [0.15, 0.2) is 59.5 Å². The van der Waals surface area contributed by atoms with Crippen LogP contribution in [-0.2, 0) is 9.59 Å². The Balaban J connectivity index is 1.71. The first-order chi connectivity index (χ1) is 15.3. The number of halogens is 3. The molecule has 1 saturated heterocycles. The Morgan fingerprint density at radius 2 is 1.81 bits per heavy atom. The van der Waals surface area contributed by atoms with Gasteiger partial charge in [0.1, 0.15) is 11.8 Å². The Labute approximate surface area is 192 Å². The molecular weight excluding hydrogens is 478 g/mol. The lowest BCUT2D eigenvalue weighted by atomic mass is 10.00. The van der Waals surface area contributed by atoms with Crippen molar-refractivity contribution in [3.63, 3.8) is 0 Å². The summed E-state index contributed by atoms with van der Waals surface area (Å²) >= 11 is 8.17. The third kappa shape index (κ3) is 3.29. The highest BCUT2D eigenvalue weighted by atomic mass is 35.5. The summed E-state index contributed by atoms with van der Waals surface area (Å²) in [5.74, 6) is -4.22. The smallest absolute Gasteiger partial charge is 0.301 e. The van der Waals surface area contributed by atoms with E-state index in [9.17, 15) is 23.5 Å². The minimum atomic E-state index is -1.06. The molecule has 1 aliphatic heterocycles. The third-order valence-electron chi connectivity index (χ3n) is 5.00. The lowest BCUT2D eigenvalue weighted by Gasteiger charge is -2.21. The minimum absolute atomic E-state index is 0.0978. The highest BCUT2D eigenvalue weighted by Gasteiger charge is 2.48. The van der Waals surface area contributed by atoms with Crippen molar-refractivity contribution in [3.8, 4) is 0 Å². The molecule has 160 valence electrons. The van der Waals surface area contributed by atoms with Crippen molar-refractivity contribution in [2.75, 3.05) is 4.90 Å². The van der Waals surface area contributed by atoms with E-state index in [0.29, 0.717) is 20.2 Å². The molecule has 32 heavy (non-hydrogen) atoms. The molecule has 0 saturated carbocycles. The second-order valence-corrected chi connectivity index (χ2v) is 9.35. The van der Waals surface area contributed by atoms with E-state index in [1.54, 1.807) is 41.8 Å². The number of anilines is 1. The fourth-order valence-electron chi connectivity index (χ4n) is 3.52. The van der Waals surface area contributed by atoms with Crippen molar-refractivity contribution < 1.29 is 23.5 Å². The number of hydrogen-bond acceptors (Lipinski definition) is 6. The van der Waals surface area contributed by atoms with E-state index in [4.69, 9.17) is 11.6 Å². The average molecular weight is 489 g/mol. The van der Waals surface area contributed by atoms with E-state index in [2.05, 4.69) is 4.98 Å². The number of thiazole rings is 1. The molecule has 1 fully saturated rings. The maximum absolute atomic E-state index is 13.7. The van der Waals surface area contributed by atoms with E-state index < -0.39 is 29.4 Å². The fourth-order valence-corrected chi connectivity index (χ4v) is 5.47. The van der Waals surface area contributed by atoms with Crippen LogP contribution in [0.3, 0.4) is 0 Å². The van der Waals surface area contributed by atoms with Gasteiger partial charge in [0.2, 0.25) is 0 Å². The predicted molar refractivity (Wildman–Crippen MR) is 120 cm³/mol. The van der Waals surface area contributed by atoms with Crippen LogP contribution in [0.5, 0.6) is 0 Å². The number of aromatic nitrogens is 1. The number of nitrogens with zero attached hydrogens (tertiary/aromatic N) is 2. The topological polar surface area (TPSA) is 70.5 Å². The number of rotatable bonds is 3. The molecule has 2 aromatic carbocycles. The number of Topliss-reactive ketones (excluding diaryl/α,β-unsaturated/α-hetero) is 1. The van der Waals surface area contributed by atoms with Gasteiger partial charge < -0.3 is 5.11 Å². The Morgan fingerprint density at radius 3 is 2.50 bits per heavy atom. The number of hydrogen-bond donors (Lipinski definition) is 1. The van der Waals surface area contributed by atoms with Crippen molar-refractivity contribution in [1.29, 1.82) is 0 Å². The van der Waals surface area contributed by atoms with E-state index in [1.165, 1.54) is 11.3 Å². The number of carbonyl (C=O) groups excluding carboxylic acids is 2. The molecule has 1 unspecified atom stereocenters. The van der Waals surface area contributed by atoms with Gasteiger partial charge >= 0.3 is 5.91 Å². The summed E-state index contributed by atoms with van der Waals surface area (Å²) in [6, 6.07) is 10.7. The van der Waals surface area contributed by atoms with Crippen LogP contribution in [0.25, 0.3) is 16.0 Å². The van der Waals surface area contributed by atoms with Gasteiger partial charge in [-0.25, -0.2) is 13.8 Å². The van der Waals surface area contributed by atoms with Gasteiger partial charge in [0.25, 0.3) is 5.78 Å². The molecular formula is C22H11ClF2N2O3S2. The van der Waals surface area contributed by atoms with E-state index in [1.807, 2.05) is 0 Å². The van der Waals surface area contributed by atoms with Crippen molar-refractivity contribution in [2.45, 2.75) is 6.04 Å². The Bertz CT molecular complexity index is 1380. The molecule has 1 aliphatic rings. The SMILES string of the molecule is O=C1C(=O)N(c2nc3cc(F)c(F)cc3s2)C(c2cccs2)/C1=C(\O)c1ccc(Cl)cc1. The third-order valence-corrected chi connectivity index (χ3v) is 7.19. The first-order valence-electron chi connectivity index (χ1n) is 9.21. The Morgan fingerprint density at radius 1 is 1.09 bits per heavy atom. The van der Waals surface area contributed by atoms with Gasteiger partial charge in [-0.15, -0.1) is 11.3 Å². The summed E-state index contributed by atoms with van der Waals surface area (Å²) in [6.45, 7) is 0. The first kappa shape index (κ1) is 20.7. The molecule has 10 heteroatoms. The van der Waals surface area contributed by atoms with Gasteiger partial charge in [-0.2, -0.15) is 0 Å². The van der Waals surface area contributed by atoms with Crippen molar-refractivity contribution >= 4 is 67.1 Å². The van der Waals surface area contributed by atoms with Crippen LogP contribution in [0.2, 0.25) is 5.02 Å². The zero-order chi connectivity index (χ0) is 22.6. The average Bonchev–Trinajstić information content (AvgIpc) is 3.48. The summed E-state index contributed by atoms with van der Waals surface area (Å²) < 4.78 is 27.7. The van der Waals surface area contributed by atoms with Crippen LogP contribution in [0.4, 0.5) is 13.9 Å². The molecule has 3 heterocycles. The summed E-state index contributed by atoms with van der Waals surface area (Å²) in [5, 5.41) is 13.3. The van der Waals surface area contributed by atoms with E-state index in [0.717, 1.165) is 28.4 Å². The van der Waals surface area contributed by atoms with Gasteiger partial charge in [-0.3, -0.25) is 14.5 Å². The largest absolute Gasteiger partial charge is 0.507 e. The molecule has 0 bridgehead atoms. The van der Waals surface area contributed by atoms with Crippen LogP contribution in [0, 0.1) is 11.6 Å². The number of benzene rings is 2. The normalized spacial score (nSPS) is 18.1. The maximum Gasteiger partial charge on any atom is 0.301 e. The standard InChI is InChI=1S/C22H11ClF2N2O3S2/c23-11-5-3-10(4-6-11)19(28)17-18(15-2-1-7-31-15)27(21(30)20(17)29)22-26-14-8-12(24)13(25)9-16(14)32-22/h1-9,18,28H/b19-17+. The summed E-state index contributed by atoms with van der Waals surface area (Å²) in [5.41, 5.74) is 0.382. The first-order valence-corrected chi connectivity index (χ1v) is 11.3. The highest BCUT2D eigenvalue weighted by molar-refractivity contribution is 7.22. The van der Waals surface area contributed by atoms with E-state index in [-0.39, 0.29) is 22.0 Å². The zero-order valence-electron chi connectivity index (χ0n) is 15.9. The molecule has 0 radical (unpaired) electrons. The van der Waals surface area contributed by atoms with Crippen LogP contribution in [-0.4, -0.2) is 21.8 Å². The number of aliphatic hydroxyl groups is 1. The number of amides is 1. The Hall–Kier alpha value is -3.14. The molecule has 0 aliphatic carbocycles. The minimum Gasteiger partial charge on any atom is -0.507 e. The summed E-state index contributed by atoms with van der Waals surface area (Å²) in [4.78, 5) is 32.1. The van der Waals surface area contributed by atoms with Crippen LogP contribution in [0.1, 0.15) is 16.5 Å². The molecule has 1 amide bonds. The van der Waals surface area contributed by atoms with Crippen LogP contribution < -0.4 is 4.90 Å². The molecule has 1 atom stereocenters. The zero-order valence-corrected chi connectivity index (χ0v) is 18.3. The number of ketones is 1. The molecule has 0 spiro atoms. The lowest BCUT2D eigenvalue weighted by molar-refractivity contribution is -0.132. The molecule has 5 nitrogen and oxygen atoms in total. The molecule has 1 N–H and O–H groups in total. The van der Waals surface area contributed by atoms with Gasteiger partial charge in [0.05, 0.1) is 15.8 Å². The van der Waals surface area contributed by atoms with Gasteiger partial charge in [-0.05, 0) is 41.8 Å². The van der Waals surface area contributed by atoms with Gasteiger partial charge in [0.15, 0.2) is 16.8 Å². The van der Waals surface area contributed by atoms with Crippen molar-refractivity contribution in [3.05, 3.63) is 86.6 Å². The van der Waals surface area contributed by atoms with Gasteiger partial charge in [-0.1, -0.05) is 29.0 Å². The number of carbonyl (C=O) groups is 2. The second kappa shape index (κ2) is 7.77. The second-order valence-electron chi connectivity index (χ2n) is 6.92.